The standard InChI is InChI=1S/C16H22N4O/c1-13-8-10-20(18-13)11-9-16(21)17-12-14-4-6-15(7-5-14)19(2)3/h4-8,10H,9,11-12H2,1-3H3,(H,17,21). The number of anilines is 1. The zero-order chi connectivity index (χ0) is 15.2. The normalized spacial score (nSPS) is 10.4. The van der Waals surface area contributed by atoms with Crippen molar-refractivity contribution in [1.29, 1.82) is 0 Å². The number of nitrogens with zero attached hydrogens (tertiary/aromatic N) is 3. The fraction of sp³-hybridized carbons (Fsp3) is 0.375. The van der Waals surface area contributed by atoms with E-state index in [2.05, 4.69) is 15.3 Å². The summed E-state index contributed by atoms with van der Waals surface area (Å²) in [4.78, 5) is 13.9. The number of rotatable bonds is 6. The molecule has 112 valence electrons. The molecule has 1 aromatic heterocycles. The van der Waals surface area contributed by atoms with Crippen molar-refractivity contribution in [3.63, 3.8) is 0 Å². The molecule has 1 N–H and O–H groups in total. The lowest BCUT2D eigenvalue weighted by molar-refractivity contribution is -0.121. The molecule has 21 heavy (non-hydrogen) atoms. The third-order valence-corrected chi connectivity index (χ3v) is 3.28. The van der Waals surface area contributed by atoms with Gasteiger partial charge < -0.3 is 10.2 Å². The predicted molar refractivity (Wildman–Crippen MR) is 84.2 cm³/mol. The van der Waals surface area contributed by atoms with Crippen molar-refractivity contribution >= 4 is 11.6 Å². The summed E-state index contributed by atoms with van der Waals surface area (Å²) < 4.78 is 1.79. The molecule has 0 bridgehead atoms. The van der Waals surface area contributed by atoms with Crippen LogP contribution in [-0.4, -0.2) is 29.8 Å². The highest BCUT2D eigenvalue weighted by Gasteiger charge is 2.03. The van der Waals surface area contributed by atoms with Gasteiger partial charge in [0, 0.05) is 45.5 Å². The molecule has 0 fully saturated rings. The number of nitrogens with one attached hydrogen (secondary N) is 1. The summed E-state index contributed by atoms with van der Waals surface area (Å²) in [5.74, 6) is 0.0415. The lowest BCUT2D eigenvalue weighted by Gasteiger charge is -2.13. The van der Waals surface area contributed by atoms with E-state index in [1.54, 1.807) is 4.68 Å². The van der Waals surface area contributed by atoms with Crippen molar-refractivity contribution in [2.45, 2.75) is 26.4 Å². The Bertz CT molecular complexity index is 587. The summed E-state index contributed by atoms with van der Waals surface area (Å²) in [6, 6.07) is 10.1. The minimum absolute atomic E-state index is 0.0415. The lowest BCUT2D eigenvalue weighted by atomic mass is 10.2. The first-order valence-electron chi connectivity index (χ1n) is 7.07. The molecule has 0 spiro atoms. The van der Waals surface area contributed by atoms with Crippen LogP contribution in [0.4, 0.5) is 5.69 Å². The predicted octanol–water partition coefficient (Wildman–Crippen LogP) is 1.96. The minimum atomic E-state index is 0.0415. The van der Waals surface area contributed by atoms with E-state index in [-0.39, 0.29) is 5.91 Å². The zero-order valence-corrected chi connectivity index (χ0v) is 12.8. The second kappa shape index (κ2) is 6.92. The molecular weight excluding hydrogens is 264 g/mol. The summed E-state index contributed by atoms with van der Waals surface area (Å²) in [5, 5.41) is 7.19. The van der Waals surface area contributed by atoms with Crippen LogP contribution in [0.25, 0.3) is 0 Å². The maximum absolute atomic E-state index is 11.8. The third-order valence-electron chi connectivity index (χ3n) is 3.28. The first-order valence-corrected chi connectivity index (χ1v) is 7.07. The number of aryl methyl sites for hydroxylation is 2. The van der Waals surface area contributed by atoms with Gasteiger partial charge in [-0.1, -0.05) is 12.1 Å². The topological polar surface area (TPSA) is 50.2 Å². The van der Waals surface area contributed by atoms with Gasteiger partial charge in [0.25, 0.3) is 0 Å². The molecule has 0 unspecified atom stereocenters. The van der Waals surface area contributed by atoms with E-state index in [4.69, 9.17) is 0 Å². The molecule has 1 amide bonds. The summed E-state index contributed by atoms with van der Waals surface area (Å²) in [7, 11) is 4.02. The van der Waals surface area contributed by atoms with E-state index in [9.17, 15) is 4.79 Å². The molecule has 0 aliphatic heterocycles. The van der Waals surface area contributed by atoms with Gasteiger partial charge in [-0.2, -0.15) is 5.10 Å². The molecular formula is C16H22N4O. The van der Waals surface area contributed by atoms with Gasteiger partial charge in [-0.3, -0.25) is 9.48 Å². The number of amides is 1. The van der Waals surface area contributed by atoms with E-state index >= 15 is 0 Å². The average Bonchev–Trinajstić information content (AvgIpc) is 2.89. The van der Waals surface area contributed by atoms with E-state index in [1.165, 1.54) is 0 Å². The fourth-order valence-corrected chi connectivity index (χ4v) is 2.00. The number of hydrogen-bond donors (Lipinski definition) is 1. The molecule has 0 radical (unpaired) electrons. The zero-order valence-electron chi connectivity index (χ0n) is 12.8. The van der Waals surface area contributed by atoms with Crippen LogP contribution in [0.1, 0.15) is 17.7 Å². The Hall–Kier alpha value is -2.30. The van der Waals surface area contributed by atoms with E-state index < -0.39 is 0 Å². The fourth-order valence-electron chi connectivity index (χ4n) is 2.00. The number of carbonyl (C=O) groups excluding carboxylic acids is 1. The summed E-state index contributed by atoms with van der Waals surface area (Å²) in [6.07, 6.45) is 2.33. The Labute approximate surface area is 125 Å². The van der Waals surface area contributed by atoms with Crippen LogP contribution in [-0.2, 0) is 17.9 Å². The monoisotopic (exact) mass is 286 g/mol. The van der Waals surface area contributed by atoms with Crippen molar-refractivity contribution in [2.75, 3.05) is 19.0 Å². The molecule has 1 heterocycles. The summed E-state index contributed by atoms with van der Waals surface area (Å²) in [5.41, 5.74) is 3.22. The highest BCUT2D eigenvalue weighted by molar-refractivity contribution is 5.75. The molecule has 0 aliphatic carbocycles. The van der Waals surface area contributed by atoms with Gasteiger partial charge in [0.05, 0.1) is 5.69 Å². The molecule has 0 saturated carbocycles. The molecule has 1 aromatic carbocycles. The average molecular weight is 286 g/mol. The molecule has 0 aliphatic rings. The van der Waals surface area contributed by atoms with Gasteiger partial charge in [0.2, 0.25) is 5.91 Å². The number of aromatic nitrogens is 2. The molecule has 5 nitrogen and oxygen atoms in total. The smallest absolute Gasteiger partial charge is 0.222 e. The third kappa shape index (κ3) is 4.63. The van der Waals surface area contributed by atoms with Crippen LogP contribution in [0.2, 0.25) is 0 Å². The van der Waals surface area contributed by atoms with E-state index in [0.29, 0.717) is 19.5 Å². The molecule has 5 heteroatoms. The Kier molecular flexibility index (Phi) is 4.98. The first kappa shape index (κ1) is 15.1. The maximum Gasteiger partial charge on any atom is 0.222 e. The second-order valence-electron chi connectivity index (χ2n) is 5.31. The van der Waals surface area contributed by atoms with Crippen molar-refractivity contribution in [3.8, 4) is 0 Å². The molecule has 0 atom stereocenters. The Morgan fingerprint density at radius 2 is 1.95 bits per heavy atom. The number of hydrogen-bond acceptors (Lipinski definition) is 3. The second-order valence-corrected chi connectivity index (χ2v) is 5.31. The lowest BCUT2D eigenvalue weighted by Crippen LogP contribution is -2.24. The Morgan fingerprint density at radius 3 is 2.52 bits per heavy atom. The minimum Gasteiger partial charge on any atom is -0.378 e. The molecule has 2 aromatic rings. The Balaban J connectivity index is 1.75. The van der Waals surface area contributed by atoms with Crippen LogP contribution in [0.5, 0.6) is 0 Å². The molecule has 2 rings (SSSR count). The van der Waals surface area contributed by atoms with E-state index in [1.807, 2.05) is 57.5 Å². The van der Waals surface area contributed by atoms with Gasteiger partial charge in [-0.05, 0) is 30.7 Å². The molecule has 0 saturated heterocycles. The van der Waals surface area contributed by atoms with Crippen LogP contribution in [0.15, 0.2) is 36.5 Å². The van der Waals surface area contributed by atoms with Crippen molar-refractivity contribution in [2.24, 2.45) is 0 Å². The van der Waals surface area contributed by atoms with Gasteiger partial charge in [-0.15, -0.1) is 0 Å². The van der Waals surface area contributed by atoms with Crippen LogP contribution >= 0.6 is 0 Å². The summed E-state index contributed by atoms with van der Waals surface area (Å²) >= 11 is 0. The highest BCUT2D eigenvalue weighted by Crippen LogP contribution is 2.11. The van der Waals surface area contributed by atoms with E-state index in [0.717, 1.165) is 16.9 Å². The van der Waals surface area contributed by atoms with Crippen molar-refractivity contribution in [1.82, 2.24) is 15.1 Å². The Morgan fingerprint density at radius 1 is 1.24 bits per heavy atom. The van der Waals surface area contributed by atoms with Crippen molar-refractivity contribution < 1.29 is 4.79 Å². The largest absolute Gasteiger partial charge is 0.378 e. The van der Waals surface area contributed by atoms with Crippen LogP contribution in [0, 0.1) is 6.92 Å². The number of benzene rings is 1. The summed E-state index contributed by atoms with van der Waals surface area (Å²) in [6.45, 7) is 3.11. The first-order chi connectivity index (χ1) is 10.0. The quantitative estimate of drug-likeness (QED) is 0.883. The maximum atomic E-state index is 11.8. The van der Waals surface area contributed by atoms with Crippen LogP contribution in [0.3, 0.4) is 0 Å². The van der Waals surface area contributed by atoms with Gasteiger partial charge in [-0.25, -0.2) is 0 Å². The van der Waals surface area contributed by atoms with Crippen LogP contribution < -0.4 is 10.2 Å². The van der Waals surface area contributed by atoms with Crippen molar-refractivity contribution in [3.05, 3.63) is 47.8 Å². The highest BCUT2D eigenvalue weighted by atomic mass is 16.1. The van der Waals surface area contributed by atoms with Gasteiger partial charge >= 0.3 is 0 Å². The van der Waals surface area contributed by atoms with Gasteiger partial charge in [0.1, 0.15) is 0 Å². The SMILES string of the molecule is Cc1ccn(CCC(=O)NCc2ccc(N(C)C)cc2)n1. The number of carbonyl (C=O) groups is 1. The van der Waals surface area contributed by atoms with Gasteiger partial charge in [0.15, 0.2) is 0 Å².